The van der Waals surface area contributed by atoms with Gasteiger partial charge in [0, 0.05) is 18.1 Å². The molecule has 2 aromatic rings. The molecule has 3 rings (SSSR count). The highest BCUT2D eigenvalue weighted by Crippen LogP contribution is 2.23. The summed E-state index contributed by atoms with van der Waals surface area (Å²) in [7, 11) is 0. The Labute approximate surface area is 118 Å². The Bertz CT molecular complexity index is 543. The molecule has 0 amide bonds. The molecule has 1 heterocycles. The molecule has 0 saturated carbocycles. The van der Waals surface area contributed by atoms with E-state index in [-0.39, 0.29) is 0 Å². The van der Waals surface area contributed by atoms with Gasteiger partial charge >= 0.3 is 0 Å². The molecule has 0 aliphatic carbocycles. The fourth-order valence-electron chi connectivity index (χ4n) is 2.14. The van der Waals surface area contributed by atoms with Crippen molar-refractivity contribution in [3.05, 3.63) is 65.2 Å². The molecule has 1 saturated heterocycles. The summed E-state index contributed by atoms with van der Waals surface area (Å²) in [6.45, 7) is 2.84. The zero-order valence-corrected chi connectivity index (χ0v) is 11.4. The van der Waals surface area contributed by atoms with Crippen LogP contribution in [0.25, 0.3) is 0 Å². The van der Waals surface area contributed by atoms with E-state index in [0.29, 0.717) is 6.04 Å². The van der Waals surface area contributed by atoms with E-state index in [9.17, 15) is 0 Å². The molecule has 98 valence electrons. The van der Waals surface area contributed by atoms with Crippen molar-refractivity contribution in [2.24, 2.45) is 0 Å². The topological polar surface area (TPSA) is 12.2 Å². The monoisotopic (exact) mass is 273 g/mol. The van der Waals surface area contributed by atoms with Gasteiger partial charge in [0.25, 0.3) is 0 Å². The van der Waals surface area contributed by atoms with E-state index >= 15 is 0 Å². The second-order valence-corrected chi connectivity index (χ2v) is 5.27. The molecule has 1 fully saturated rings. The zero-order chi connectivity index (χ0) is 13.1. The van der Waals surface area contributed by atoms with Crippen molar-refractivity contribution < 1.29 is 4.74 Å². The summed E-state index contributed by atoms with van der Waals surface area (Å²) in [6, 6.07) is 18.6. The van der Waals surface area contributed by atoms with Crippen LogP contribution in [-0.2, 0) is 6.54 Å². The molecule has 19 heavy (non-hydrogen) atoms. The second kappa shape index (κ2) is 5.64. The highest BCUT2D eigenvalue weighted by atomic mass is 35.5. The maximum absolute atomic E-state index is 5.92. The average molecular weight is 274 g/mol. The molecular weight excluding hydrogens is 258 g/mol. The predicted octanol–water partition coefficient (Wildman–Crippen LogP) is 3.60. The van der Waals surface area contributed by atoms with Crippen LogP contribution < -0.4 is 4.74 Å². The lowest BCUT2D eigenvalue weighted by atomic mass is 10.2. The van der Waals surface area contributed by atoms with E-state index in [0.717, 1.165) is 30.5 Å². The molecule has 2 atom stereocenters. The number of nitrogens with zero attached hydrogens (tertiary/aromatic N) is 1. The lowest BCUT2D eigenvalue weighted by Crippen LogP contribution is -2.10. The van der Waals surface area contributed by atoms with Gasteiger partial charge in [0.1, 0.15) is 12.4 Å². The normalized spacial score (nSPS) is 21.1. The van der Waals surface area contributed by atoms with Gasteiger partial charge in [0.15, 0.2) is 0 Å². The standard InChI is InChI=1S/C16H16ClNO/c17-14-7-4-8-16(9-14)19-12-15-11-18(15)10-13-5-2-1-3-6-13/h1-9,15H,10-12H2. The maximum atomic E-state index is 5.92. The fraction of sp³-hybridized carbons (Fsp3) is 0.250. The summed E-state index contributed by atoms with van der Waals surface area (Å²) in [5, 5.41) is 0.717. The van der Waals surface area contributed by atoms with Gasteiger partial charge in [-0.1, -0.05) is 48.0 Å². The van der Waals surface area contributed by atoms with Crippen LogP contribution in [0.3, 0.4) is 0 Å². The van der Waals surface area contributed by atoms with Gasteiger partial charge in [-0.25, -0.2) is 0 Å². The van der Waals surface area contributed by atoms with Crippen molar-refractivity contribution in [3.8, 4) is 5.75 Å². The lowest BCUT2D eigenvalue weighted by molar-refractivity contribution is 0.293. The molecule has 2 unspecified atom stereocenters. The fourth-order valence-corrected chi connectivity index (χ4v) is 2.32. The Hall–Kier alpha value is -1.51. The van der Waals surface area contributed by atoms with Gasteiger partial charge in [0.2, 0.25) is 0 Å². The van der Waals surface area contributed by atoms with Crippen molar-refractivity contribution in [3.63, 3.8) is 0 Å². The Morgan fingerprint density at radius 2 is 1.95 bits per heavy atom. The summed E-state index contributed by atoms with van der Waals surface area (Å²) in [4.78, 5) is 2.40. The SMILES string of the molecule is Clc1cccc(OCC2CN2Cc2ccccc2)c1. The number of hydrogen-bond acceptors (Lipinski definition) is 2. The third-order valence-corrected chi connectivity index (χ3v) is 3.53. The second-order valence-electron chi connectivity index (χ2n) is 4.84. The molecule has 2 nitrogen and oxygen atoms in total. The van der Waals surface area contributed by atoms with Crippen LogP contribution in [0.5, 0.6) is 5.75 Å². The van der Waals surface area contributed by atoms with Gasteiger partial charge < -0.3 is 4.74 Å². The molecule has 0 N–H and O–H groups in total. The number of ether oxygens (including phenoxy) is 1. The molecule has 2 aromatic carbocycles. The third kappa shape index (κ3) is 3.49. The van der Waals surface area contributed by atoms with Gasteiger partial charge in [-0.3, -0.25) is 4.90 Å². The van der Waals surface area contributed by atoms with Gasteiger partial charge in [-0.15, -0.1) is 0 Å². The summed E-state index contributed by atoms with van der Waals surface area (Å²) >= 11 is 5.92. The molecule has 1 aliphatic rings. The average Bonchev–Trinajstić information content (AvgIpc) is 3.16. The number of benzene rings is 2. The molecular formula is C16H16ClNO. The van der Waals surface area contributed by atoms with E-state index in [4.69, 9.17) is 16.3 Å². The van der Waals surface area contributed by atoms with Crippen LogP contribution in [-0.4, -0.2) is 24.1 Å². The van der Waals surface area contributed by atoms with Crippen LogP contribution in [0.15, 0.2) is 54.6 Å². The van der Waals surface area contributed by atoms with Crippen molar-refractivity contribution in [2.45, 2.75) is 12.6 Å². The maximum Gasteiger partial charge on any atom is 0.120 e. The van der Waals surface area contributed by atoms with E-state index in [2.05, 4.69) is 29.2 Å². The quantitative estimate of drug-likeness (QED) is 0.772. The minimum Gasteiger partial charge on any atom is -0.492 e. The van der Waals surface area contributed by atoms with Gasteiger partial charge in [0.05, 0.1) is 6.04 Å². The predicted molar refractivity (Wildman–Crippen MR) is 77.6 cm³/mol. The Balaban J connectivity index is 1.46. The molecule has 0 bridgehead atoms. The lowest BCUT2D eigenvalue weighted by Gasteiger charge is -2.07. The van der Waals surface area contributed by atoms with E-state index in [1.807, 2.05) is 30.3 Å². The minimum atomic E-state index is 0.527. The first kappa shape index (κ1) is 12.5. The number of hydrogen-bond donors (Lipinski definition) is 0. The summed E-state index contributed by atoms with van der Waals surface area (Å²) in [5.41, 5.74) is 1.35. The highest BCUT2D eigenvalue weighted by Gasteiger charge is 2.34. The Morgan fingerprint density at radius 3 is 2.74 bits per heavy atom. The zero-order valence-electron chi connectivity index (χ0n) is 10.6. The molecule has 0 radical (unpaired) electrons. The van der Waals surface area contributed by atoms with Crippen molar-refractivity contribution in [1.82, 2.24) is 4.90 Å². The van der Waals surface area contributed by atoms with Crippen molar-refractivity contribution in [1.29, 1.82) is 0 Å². The summed E-state index contributed by atoms with van der Waals surface area (Å²) in [6.07, 6.45) is 0. The number of rotatable bonds is 5. The molecule has 0 spiro atoms. The first-order valence-electron chi connectivity index (χ1n) is 6.47. The Morgan fingerprint density at radius 1 is 1.11 bits per heavy atom. The van der Waals surface area contributed by atoms with E-state index in [1.54, 1.807) is 0 Å². The van der Waals surface area contributed by atoms with Gasteiger partial charge in [-0.2, -0.15) is 0 Å². The van der Waals surface area contributed by atoms with E-state index in [1.165, 1.54) is 5.56 Å². The van der Waals surface area contributed by atoms with Crippen LogP contribution in [0.1, 0.15) is 5.56 Å². The number of halogens is 1. The third-order valence-electron chi connectivity index (χ3n) is 3.30. The molecule has 1 aliphatic heterocycles. The van der Waals surface area contributed by atoms with Crippen LogP contribution >= 0.6 is 11.6 Å². The van der Waals surface area contributed by atoms with E-state index < -0.39 is 0 Å². The first-order chi connectivity index (χ1) is 9.31. The molecule has 0 aromatic heterocycles. The Kier molecular flexibility index (Phi) is 3.72. The smallest absolute Gasteiger partial charge is 0.120 e. The highest BCUT2D eigenvalue weighted by molar-refractivity contribution is 6.30. The first-order valence-corrected chi connectivity index (χ1v) is 6.85. The minimum absolute atomic E-state index is 0.527. The van der Waals surface area contributed by atoms with Gasteiger partial charge in [-0.05, 0) is 23.8 Å². The van der Waals surface area contributed by atoms with Crippen LogP contribution in [0, 0.1) is 0 Å². The molecule has 3 heteroatoms. The summed E-state index contributed by atoms with van der Waals surface area (Å²) in [5.74, 6) is 0.846. The summed E-state index contributed by atoms with van der Waals surface area (Å²) < 4.78 is 5.75. The van der Waals surface area contributed by atoms with Crippen molar-refractivity contribution >= 4 is 11.6 Å². The van der Waals surface area contributed by atoms with Crippen LogP contribution in [0.2, 0.25) is 5.02 Å². The van der Waals surface area contributed by atoms with Crippen molar-refractivity contribution in [2.75, 3.05) is 13.2 Å². The largest absolute Gasteiger partial charge is 0.492 e. The van der Waals surface area contributed by atoms with Crippen LogP contribution in [0.4, 0.5) is 0 Å².